The average molecular weight is 211 g/mol. The van der Waals surface area contributed by atoms with Gasteiger partial charge in [0.2, 0.25) is 5.91 Å². The fraction of sp³-hybridized carbons (Fsp3) is 0.909. The summed E-state index contributed by atoms with van der Waals surface area (Å²) in [5.41, 5.74) is 0. The molecule has 0 aromatic heterocycles. The van der Waals surface area contributed by atoms with Gasteiger partial charge in [-0.3, -0.25) is 9.69 Å². The molecule has 86 valence electrons. The molecule has 0 aliphatic carbocycles. The second-order valence-corrected chi connectivity index (χ2v) is 4.56. The van der Waals surface area contributed by atoms with Crippen molar-refractivity contribution >= 4 is 5.91 Å². The second kappa shape index (κ2) is 4.94. The van der Waals surface area contributed by atoms with E-state index in [0.29, 0.717) is 6.04 Å². The molecule has 2 aliphatic rings. The normalized spacial score (nSPS) is 34.6. The molecule has 2 heterocycles. The zero-order valence-corrected chi connectivity index (χ0v) is 9.46. The Kier molecular flexibility index (Phi) is 3.59. The largest absolute Gasteiger partial charge is 0.355 e. The zero-order valence-electron chi connectivity index (χ0n) is 9.46. The zero-order chi connectivity index (χ0) is 10.7. The molecule has 2 aliphatic heterocycles. The quantitative estimate of drug-likeness (QED) is 0.639. The standard InChI is InChI=1S/C11H21N3O/c1-9-11(15)13-6-3-7-14(9)10-4-2-5-12-8-10/h9-10,12H,2-8H2,1H3,(H,13,15). The fourth-order valence-electron chi connectivity index (χ4n) is 2.58. The summed E-state index contributed by atoms with van der Waals surface area (Å²) in [7, 11) is 0. The van der Waals surface area contributed by atoms with Gasteiger partial charge in [-0.05, 0) is 32.7 Å². The highest BCUT2D eigenvalue weighted by atomic mass is 16.2. The van der Waals surface area contributed by atoms with E-state index < -0.39 is 0 Å². The molecule has 2 N–H and O–H groups in total. The van der Waals surface area contributed by atoms with Crippen molar-refractivity contribution in [1.29, 1.82) is 0 Å². The number of amides is 1. The van der Waals surface area contributed by atoms with E-state index in [0.717, 1.165) is 32.6 Å². The third-order valence-electron chi connectivity index (χ3n) is 3.51. The summed E-state index contributed by atoms with van der Waals surface area (Å²) in [5.74, 6) is 0.193. The number of carbonyl (C=O) groups is 1. The molecule has 1 amide bonds. The minimum absolute atomic E-state index is 0.0393. The summed E-state index contributed by atoms with van der Waals surface area (Å²) >= 11 is 0. The SMILES string of the molecule is CC1C(=O)NCCCN1C1CCCNC1. The van der Waals surface area contributed by atoms with Crippen molar-refractivity contribution in [3.63, 3.8) is 0 Å². The van der Waals surface area contributed by atoms with E-state index >= 15 is 0 Å². The Morgan fingerprint density at radius 1 is 1.33 bits per heavy atom. The van der Waals surface area contributed by atoms with Crippen LogP contribution in [0.4, 0.5) is 0 Å². The van der Waals surface area contributed by atoms with Crippen molar-refractivity contribution in [3.8, 4) is 0 Å². The molecule has 15 heavy (non-hydrogen) atoms. The van der Waals surface area contributed by atoms with Crippen molar-refractivity contribution in [2.24, 2.45) is 0 Å². The Balaban J connectivity index is 2.00. The fourth-order valence-corrected chi connectivity index (χ4v) is 2.58. The minimum Gasteiger partial charge on any atom is -0.355 e. The first-order chi connectivity index (χ1) is 7.29. The molecular weight excluding hydrogens is 190 g/mol. The Morgan fingerprint density at radius 2 is 2.20 bits per heavy atom. The Morgan fingerprint density at radius 3 is 2.93 bits per heavy atom. The van der Waals surface area contributed by atoms with Gasteiger partial charge in [-0.2, -0.15) is 0 Å². The summed E-state index contributed by atoms with van der Waals surface area (Å²) < 4.78 is 0. The van der Waals surface area contributed by atoms with Gasteiger partial charge in [0.05, 0.1) is 6.04 Å². The van der Waals surface area contributed by atoms with Crippen LogP contribution in [0.15, 0.2) is 0 Å². The lowest BCUT2D eigenvalue weighted by atomic mass is 10.0. The van der Waals surface area contributed by atoms with Gasteiger partial charge < -0.3 is 10.6 Å². The van der Waals surface area contributed by atoms with Crippen LogP contribution in [0.25, 0.3) is 0 Å². The minimum atomic E-state index is 0.0393. The van der Waals surface area contributed by atoms with Crippen molar-refractivity contribution in [2.75, 3.05) is 26.2 Å². The third kappa shape index (κ3) is 2.49. The van der Waals surface area contributed by atoms with Crippen molar-refractivity contribution in [2.45, 2.75) is 38.3 Å². The van der Waals surface area contributed by atoms with Gasteiger partial charge in [-0.15, -0.1) is 0 Å². The number of piperidine rings is 1. The first kappa shape index (κ1) is 10.9. The van der Waals surface area contributed by atoms with E-state index in [1.54, 1.807) is 0 Å². The van der Waals surface area contributed by atoms with Gasteiger partial charge >= 0.3 is 0 Å². The van der Waals surface area contributed by atoms with Gasteiger partial charge in [-0.25, -0.2) is 0 Å². The van der Waals surface area contributed by atoms with E-state index in [1.807, 2.05) is 6.92 Å². The lowest BCUT2D eigenvalue weighted by Crippen LogP contribution is -2.52. The first-order valence-corrected chi connectivity index (χ1v) is 6.03. The Hall–Kier alpha value is -0.610. The highest BCUT2D eigenvalue weighted by Gasteiger charge is 2.30. The van der Waals surface area contributed by atoms with Crippen LogP contribution < -0.4 is 10.6 Å². The molecule has 0 spiro atoms. The van der Waals surface area contributed by atoms with E-state index in [-0.39, 0.29) is 11.9 Å². The van der Waals surface area contributed by atoms with Crippen LogP contribution in [0, 0.1) is 0 Å². The monoisotopic (exact) mass is 211 g/mol. The van der Waals surface area contributed by atoms with Gasteiger partial charge in [0.1, 0.15) is 0 Å². The number of hydrogen-bond acceptors (Lipinski definition) is 3. The molecule has 0 radical (unpaired) electrons. The maximum Gasteiger partial charge on any atom is 0.237 e. The molecule has 4 nitrogen and oxygen atoms in total. The molecule has 2 rings (SSSR count). The predicted molar refractivity (Wildman–Crippen MR) is 59.7 cm³/mol. The molecule has 0 bridgehead atoms. The highest BCUT2D eigenvalue weighted by Crippen LogP contribution is 2.15. The number of nitrogens with zero attached hydrogens (tertiary/aromatic N) is 1. The maximum atomic E-state index is 11.7. The van der Waals surface area contributed by atoms with E-state index in [9.17, 15) is 4.79 Å². The number of carbonyl (C=O) groups excluding carboxylic acids is 1. The van der Waals surface area contributed by atoms with Crippen LogP contribution in [-0.4, -0.2) is 49.1 Å². The van der Waals surface area contributed by atoms with E-state index in [1.165, 1.54) is 12.8 Å². The number of hydrogen-bond donors (Lipinski definition) is 2. The number of rotatable bonds is 1. The van der Waals surface area contributed by atoms with Gasteiger partial charge in [0, 0.05) is 25.7 Å². The topological polar surface area (TPSA) is 44.4 Å². The molecule has 2 fully saturated rings. The van der Waals surface area contributed by atoms with Crippen LogP contribution in [0.2, 0.25) is 0 Å². The summed E-state index contributed by atoms with van der Waals surface area (Å²) in [6, 6.07) is 0.593. The van der Waals surface area contributed by atoms with Crippen molar-refractivity contribution in [3.05, 3.63) is 0 Å². The molecule has 2 atom stereocenters. The molecule has 0 aromatic rings. The van der Waals surface area contributed by atoms with Gasteiger partial charge in [0.25, 0.3) is 0 Å². The van der Waals surface area contributed by atoms with Crippen LogP contribution in [0.3, 0.4) is 0 Å². The summed E-state index contributed by atoms with van der Waals surface area (Å²) in [4.78, 5) is 14.1. The lowest BCUT2D eigenvalue weighted by Gasteiger charge is -2.36. The summed E-state index contributed by atoms with van der Waals surface area (Å²) in [5, 5.41) is 6.38. The van der Waals surface area contributed by atoms with Crippen molar-refractivity contribution < 1.29 is 4.79 Å². The van der Waals surface area contributed by atoms with E-state index in [4.69, 9.17) is 0 Å². The first-order valence-electron chi connectivity index (χ1n) is 6.03. The predicted octanol–water partition coefficient (Wildman–Crippen LogP) is -0.0512. The summed E-state index contributed by atoms with van der Waals surface area (Å²) in [6.07, 6.45) is 3.53. The van der Waals surface area contributed by atoms with Crippen LogP contribution in [0.1, 0.15) is 26.2 Å². The molecule has 2 unspecified atom stereocenters. The third-order valence-corrected chi connectivity index (χ3v) is 3.51. The lowest BCUT2D eigenvalue weighted by molar-refractivity contribution is -0.125. The second-order valence-electron chi connectivity index (χ2n) is 4.56. The molecule has 2 saturated heterocycles. The van der Waals surface area contributed by atoms with Crippen LogP contribution >= 0.6 is 0 Å². The Labute approximate surface area is 91.4 Å². The summed E-state index contributed by atoms with van der Waals surface area (Å²) in [6.45, 7) is 6.07. The van der Waals surface area contributed by atoms with Crippen LogP contribution in [-0.2, 0) is 4.79 Å². The maximum absolute atomic E-state index is 11.7. The highest BCUT2D eigenvalue weighted by molar-refractivity contribution is 5.81. The van der Waals surface area contributed by atoms with E-state index in [2.05, 4.69) is 15.5 Å². The molecule has 0 saturated carbocycles. The van der Waals surface area contributed by atoms with Crippen LogP contribution in [0.5, 0.6) is 0 Å². The van der Waals surface area contributed by atoms with Gasteiger partial charge in [0.15, 0.2) is 0 Å². The van der Waals surface area contributed by atoms with Gasteiger partial charge in [-0.1, -0.05) is 0 Å². The van der Waals surface area contributed by atoms with Crippen molar-refractivity contribution in [1.82, 2.24) is 15.5 Å². The Bertz CT molecular complexity index is 226. The smallest absolute Gasteiger partial charge is 0.237 e. The molecule has 4 heteroatoms. The number of nitrogens with one attached hydrogen (secondary N) is 2. The average Bonchev–Trinajstić information content (AvgIpc) is 2.44. The molecular formula is C11H21N3O. The molecule has 0 aromatic carbocycles.